The van der Waals surface area contributed by atoms with Crippen LogP contribution in [-0.2, 0) is 11.6 Å². The monoisotopic (exact) mass is 229 g/mol. The summed E-state index contributed by atoms with van der Waals surface area (Å²) in [6.07, 6.45) is 0.957. The van der Waals surface area contributed by atoms with Crippen LogP contribution in [0.3, 0.4) is 0 Å². The van der Waals surface area contributed by atoms with E-state index in [1.165, 1.54) is 5.69 Å². The first-order chi connectivity index (χ1) is 7.90. The van der Waals surface area contributed by atoms with Crippen LogP contribution >= 0.6 is 11.8 Å². The van der Waals surface area contributed by atoms with Crippen LogP contribution in [0.4, 0.5) is 0 Å². The number of fused-ring (bicyclic) bond motifs is 1. The van der Waals surface area contributed by atoms with E-state index in [1.54, 1.807) is 0 Å². The predicted molar refractivity (Wildman–Crippen MR) is 66.6 cm³/mol. The molecule has 1 aromatic heterocycles. The first-order valence-electron chi connectivity index (χ1n) is 5.21. The maximum atomic E-state index is 11.1. The van der Waals surface area contributed by atoms with Crippen molar-refractivity contribution in [2.75, 3.05) is 0 Å². The van der Waals surface area contributed by atoms with Gasteiger partial charge in [0.1, 0.15) is 0 Å². The van der Waals surface area contributed by atoms with E-state index in [0.717, 1.165) is 34.7 Å². The molecule has 0 radical (unpaired) electrons. The molecule has 0 saturated carbocycles. The molecule has 0 amide bonds. The summed E-state index contributed by atoms with van der Waals surface area (Å²) >= 11 is 1.88. The molecule has 0 N–H and O–H groups in total. The molecule has 0 aliphatic carbocycles. The van der Waals surface area contributed by atoms with Gasteiger partial charge in [0.05, 0.1) is 11.6 Å². The maximum Gasteiger partial charge on any atom is 0.152 e. The summed E-state index contributed by atoms with van der Waals surface area (Å²) in [5.41, 5.74) is 4.25. The Bertz CT molecular complexity index is 530. The topological polar surface area (TPSA) is 22.0 Å². The Labute approximate surface area is 98.3 Å². The van der Waals surface area contributed by atoms with Crippen LogP contribution in [0, 0.1) is 0 Å². The Morgan fingerprint density at radius 1 is 1.25 bits per heavy atom. The minimum atomic E-state index is 0.807. The van der Waals surface area contributed by atoms with Crippen molar-refractivity contribution in [3.8, 4) is 11.3 Å². The van der Waals surface area contributed by atoms with E-state index >= 15 is 0 Å². The zero-order valence-corrected chi connectivity index (χ0v) is 9.54. The highest BCUT2D eigenvalue weighted by atomic mass is 32.2. The van der Waals surface area contributed by atoms with Gasteiger partial charge < -0.3 is 4.57 Å². The van der Waals surface area contributed by atoms with Crippen LogP contribution in [0.1, 0.15) is 16.1 Å². The molecule has 1 aliphatic heterocycles. The largest absolute Gasteiger partial charge is 0.333 e. The molecule has 0 atom stereocenters. The highest BCUT2D eigenvalue weighted by Crippen LogP contribution is 2.34. The molecule has 16 heavy (non-hydrogen) atoms. The molecule has 1 aromatic carbocycles. The van der Waals surface area contributed by atoms with Gasteiger partial charge in [-0.1, -0.05) is 30.3 Å². The van der Waals surface area contributed by atoms with E-state index in [9.17, 15) is 4.79 Å². The van der Waals surface area contributed by atoms with Crippen molar-refractivity contribution < 1.29 is 4.79 Å². The molecule has 80 valence electrons. The Hall–Kier alpha value is -1.48. The first kappa shape index (κ1) is 9.73. The van der Waals surface area contributed by atoms with Gasteiger partial charge >= 0.3 is 0 Å². The Morgan fingerprint density at radius 3 is 2.81 bits per heavy atom. The van der Waals surface area contributed by atoms with Crippen molar-refractivity contribution in [2.45, 2.75) is 11.6 Å². The first-order valence-corrected chi connectivity index (χ1v) is 6.36. The number of hydrogen-bond donors (Lipinski definition) is 0. The fourth-order valence-electron chi connectivity index (χ4n) is 2.14. The van der Waals surface area contributed by atoms with Gasteiger partial charge in [0, 0.05) is 17.0 Å². The van der Waals surface area contributed by atoms with Gasteiger partial charge in [-0.3, -0.25) is 4.79 Å². The van der Waals surface area contributed by atoms with Gasteiger partial charge in [0.15, 0.2) is 6.29 Å². The van der Waals surface area contributed by atoms with Gasteiger partial charge in [-0.05, 0) is 11.6 Å². The van der Waals surface area contributed by atoms with E-state index in [4.69, 9.17) is 0 Å². The average molecular weight is 229 g/mol. The maximum absolute atomic E-state index is 11.1. The third kappa shape index (κ3) is 1.39. The lowest BCUT2D eigenvalue weighted by Crippen LogP contribution is -1.95. The number of hydrogen-bond acceptors (Lipinski definition) is 2. The normalized spacial score (nSPS) is 13.8. The highest BCUT2D eigenvalue weighted by molar-refractivity contribution is 7.97. The summed E-state index contributed by atoms with van der Waals surface area (Å²) in [6.45, 7) is 0. The molecule has 0 bridgehead atoms. The summed E-state index contributed by atoms with van der Waals surface area (Å²) in [6, 6.07) is 12.1. The van der Waals surface area contributed by atoms with Gasteiger partial charge in [-0.15, -0.1) is 11.8 Å². The number of thioether (sulfide) groups is 1. The quantitative estimate of drug-likeness (QED) is 0.738. The number of aromatic nitrogens is 1. The summed E-state index contributed by atoms with van der Waals surface area (Å²) in [5.74, 6) is 1.96. The smallest absolute Gasteiger partial charge is 0.152 e. The molecule has 2 nitrogen and oxygen atoms in total. The Balaban J connectivity index is 2.23. The number of carbonyl (C=O) groups is 1. The third-order valence-electron chi connectivity index (χ3n) is 2.86. The molecule has 1 aliphatic rings. The van der Waals surface area contributed by atoms with Crippen molar-refractivity contribution in [2.24, 2.45) is 0 Å². The van der Waals surface area contributed by atoms with Crippen LogP contribution < -0.4 is 0 Å². The van der Waals surface area contributed by atoms with E-state index in [0.29, 0.717) is 0 Å². The number of nitrogens with zero attached hydrogens (tertiary/aromatic N) is 1. The fraction of sp³-hybridized carbons (Fsp3) is 0.154. The van der Waals surface area contributed by atoms with Gasteiger partial charge in [-0.2, -0.15) is 0 Å². The van der Waals surface area contributed by atoms with Gasteiger partial charge in [-0.25, -0.2) is 0 Å². The minimum Gasteiger partial charge on any atom is -0.333 e. The van der Waals surface area contributed by atoms with Crippen molar-refractivity contribution in [1.29, 1.82) is 0 Å². The molecule has 2 heterocycles. The average Bonchev–Trinajstić information content (AvgIpc) is 2.89. The highest BCUT2D eigenvalue weighted by Gasteiger charge is 2.19. The summed E-state index contributed by atoms with van der Waals surface area (Å²) < 4.78 is 2.24. The summed E-state index contributed by atoms with van der Waals surface area (Å²) in [4.78, 5) is 11.1. The van der Waals surface area contributed by atoms with Crippen LogP contribution in [0.25, 0.3) is 11.3 Å². The zero-order chi connectivity index (χ0) is 11.0. The standard InChI is InChI=1S/C13H11NOS/c15-7-11-6-12-8-16-9-14(12)13(11)10-4-2-1-3-5-10/h1-7H,8-9H2. The predicted octanol–water partition coefficient (Wildman–Crippen LogP) is 3.17. The van der Waals surface area contributed by atoms with E-state index in [-0.39, 0.29) is 0 Å². The Morgan fingerprint density at radius 2 is 2.06 bits per heavy atom. The van der Waals surface area contributed by atoms with Crippen molar-refractivity contribution in [3.63, 3.8) is 0 Å². The molecule has 0 saturated heterocycles. The van der Waals surface area contributed by atoms with Gasteiger partial charge in [0.2, 0.25) is 0 Å². The third-order valence-corrected chi connectivity index (χ3v) is 3.80. The van der Waals surface area contributed by atoms with Crippen molar-refractivity contribution >= 4 is 18.0 Å². The van der Waals surface area contributed by atoms with E-state index < -0.39 is 0 Å². The lowest BCUT2D eigenvalue weighted by atomic mass is 10.1. The second kappa shape index (κ2) is 3.83. The van der Waals surface area contributed by atoms with Gasteiger partial charge in [0.25, 0.3) is 0 Å². The number of benzene rings is 1. The Kier molecular flexibility index (Phi) is 2.33. The van der Waals surface area contributed by atoms with Crippen LogP contribution in [-0.4, -0.2) is 10.9 Å². The van der Waals surface area contributed by atoms with Crippen molar-refractivity contribution in [3.05, 3.63) is 47.7 Å². The fourth-order valence-corrected chi connectivity index (χ4v) is 3.16. The minimum absolute atomic E-state index is 0.807. The summed E-state index contributed by atoms with van der Waals surface area (Å²) in [7, 11) is 0. The van der Waals surface area contributed by atoms with Crippen molar-refractivity contribution in [1.82, 2.24) is 4.57 Å². The lowest BCUT2D eigenvalue weighted by molar-refractivity contribution is 0.112. The molecule has 2 aromatic rings. The van der Waals surface area contributed by atoms with Crippen LogP contribution in [0.5, 0.6) is 0 Å². The molecule has 3 heteroatoms. The SMILES string of the molecule is O=Cc1cc2n(c1-c1ccccc1)CSC2. The zero-order valence-electron chi connectivity index (χ0n) is 8.72. The molecular formula is C13H11NOS. The van der Waals surface area contributed by atoms with Crippen LogP contribution in [0.15, 0.2) is 36.4 Å². The van der Waals surface area contributed by atoms with E-state index in [2.05, 4.69) is 16.7 Å². The molecule has 0 unspecified atom stereocenters. The van der Waals surface area contributed by atoms with Crippen LogP contribution in [0.2, 0.25) is 0 Å². The molecular weight excluding hydrogens is 218 g/mol. The second-order valence-electron chi connectivity index (χ2n) is 3.83. The molecule has 0 fully saturated rings. The summed E-state index contributed by atoms with van der Waals surface area (Å²) in [5, 5.41) is 0. The second-order valence-corrected chi connectivity index (χ2v) is 4.78. The lowest BCUT2D eigenvalue weighted by Gasteiger charge is -2.06. The number of aldehydes is 1. The molecule has 3 rings (SSSR count). The molecule has 0 spiro atoms. The van der Waals surface area contributed by atoms with E-state index in [1.807, 2.05) is 36.0 Å². The number of rotatable bonds is 2. The number of carbonyl (C=O) groups excluding carboxylic acids is 1.